The third kappa shape index (κ3) is 5.93. The number of H-pyrrole nitrogens is 1. The summed E-state index contributed by atoms with van der Waals surface area (Å²) in [6.07, 6.45) is 1.48. The van der Waals surface area contributed by atoms with Crippen LogP contribution in [-0.2, 0) is 0 Å². The highest BCUT2D eigenvalue weighted by molar-refractivity contribution is 9.10. The Morgan fingerprint density at radius 3 is 2.42 bits per heavy atom. The summed E-state index contributed by atoms with van der Waals surface area (Å²) in [7, 11) is 0. The van der Waals surface area contributed by atoms with Gasteiger partial charge in [-0.3, -0.25) is 4.79 Å². The van der Waals surface area contributed by atoms with Gasteiger partial charge in [0.25, 0.3) is 5.91 Å². The number of carbonyl (C=O) groups is 2. The fraction of sp³-hybridized carbons (Fsp3) is 0.0645. The number of halogens is 2. The highest BCUT2D eigenvalue weighted by Gasteiger charge is 2.21. The van der Waals surface area contributed by atoms with Crippen LogP contribution < -0.4 is 14.9 Å². The molecule has 2 N–H and O–H groups in total. The topological polar surface area (TPSA) is 92.8 Å². The zero-order chi connectivity index (χ0) is 28.1. The number of fused-ring (bicyclic) bond motifs is 1. The Morgan fingerprint density at radius 2 is 1.70 bits per heavy atom. The normalized spacial score (nSPS) is 11.1. The molecule has 1 heterocycles. The Balaban J connectivity index is 1.38. The number of hydrazone groups is 1. The lowest BCUT2D eigenvalue weighted by Crippen LogP contribution is -2.18. The van der Waals surface area contributed by atoms with Crippen LogP contribution in [-0.4, -0.2) is 29.7 Å². The Labute approximate surface area is 243 Å². The fourth-order valence-electron chi connectivity index (χ4n) is 4.21. The fourth-order valence-corrected chi connectivity index (χ4v) is 5.06. The summed E-state index contributed by atoms with van der Waals surface area (Å²) in [5.74, 6) is -0.262. The van der Waals surface area contributed by atoms with Crippen molar-refractivity contribution in [3.63, 3.8) is 0 Å². The molecule has 9 heteroatoms. The maximum absolute atomic E-state index is 13.3. The molecule has 4 aromatic carbocycles. The number of amides is 1. The van der Waals surface area contributed by atoms with E-state index in [1.165, 1.54) is 6.21 Å². The highest BCUT2D eigenvalue weighted by atomic mass is 79.9. The summed E-state index contributed by atoms with van der Waals surface area (Å²) in [4.78, 5) is 29.0. The van der Waals surface area contributed by atoms with Gasteiger partial charge in [0.1, 0.15) is 5.69 Å². The Kier molecular flexibility index (Phi) is 8.28. The summed E-state index contributed by atoms with van der Waals surface area (Å²) >= 11 is 9.97. The second-order valence-corrected chi connectivity index (χ2v) is 9.97. The van der Waals surface area contributed by atoms with Gasteiger partial charge in [0.15, 0.2) is 11.5 Å². The first-order chi connectivity index (χ1) is 19.4. The van der Waals surface area contributed by atoms with Gasteiger partial charge in [-0.2, -0.15) is 5.10 Å². The van der Waals surface area contributed by atoms with E-state index < -0.39 is 11.9 Å². The molecule has 1 aromatic heterocycles. The maximum Gasteiger partial charge on any atom is 0.343 e. The highest BCUT2D eigenvalue weighted by Crippen LogP contribution is 2.37. The number of rotatable bonds is 8. The second-order valence-electron chi connectivity index (χ2n) is 8.65. The summed E-state index contributed by atoms with van der Waals surface area (Å²) < 4.78 is 12.0. The smallest absolute Gasteiger partial charge is 0.343 e. The summed E-state index contributed by atoms with van der Waals surface area (Å²) in [5, 5.41) is 5.45. The standard InChI is InChI=1S/C31H23BrClN3O4/c1-2-39-26-15-19(13-14-25(26)40-31(38)21-11-7-4-8-12-21)18-34-36-30(37)29-27(20-9-5-3-6-10-20)23-16-22(32)17-24(33)28(23)35-29/h3-18,35H,2H2,1H3,(H,36,37). The summed E-state index contributed by atoms with van der Waals surface area (Å²) in [5.41, 5.74) is 6.21. The van der Waals surface area contributed by atoms with E-state index >= 15 is 0 Å². The average Bonchev–Trinajstić information content (AvgIpc) is 3.35. The number of hydrogen-bond donors (Lipinski definition) is 2. The molecule has 0 atom stereocenters. The van der Waals surface area contributed by atoms with Crippen LogP contribution in [0.2, 0.25) is 5.02 Å². The lowest BCUT2D eigenvalue weighted by molar-refractivity contribution is 0.0728. The first-order valence-electron chi connectivity index (χ1n) is 12.4. The minimum absolute atomic E-state index is 0.283. The van der Waals surface area contributed by atoms with E-state index in [0.29, 0.717) is 39.7 Å². The molecule has 5 rings (SSSR count). The van der Waals surface area contributed by atoms with Crippen molar-refractivity contribution in [2.24, 2.45) is 5.10 Å². The number of hydrogen-bond acceptors (Lipinski definition) is 5. The van der Waals surface area contributed by atoms with Crippen molar-refractivity contribution in [1.82, 2.24) is 10.4 Å². The van der Waals surface area contributed by atoms with Gasteiger partial charge in [-0.15, -0.1) is 0 Å². The van der Waals surface area contributed by atoms with E-state index in [1.807, 2.05) is 49.4 Å². The van der Waals surface area contributed by atoms with Gasteiger partial charge in [-0.05, 0) is 60.5 Å². The molecule has 0 bridgehead atoms. The van der Waals surface area contributed by atoms with E-state index in [0.717, 1.165) is 21.0 Å². The van der Waals surface area contributed by atoms with Crippen molar-refractivity contribution in [3.8, 4) is 22.6 Å². The molecular weight excluding hydrogens is 594 g/mol. The Hall–Kier alpha value is -4.40. The van der Waals surface area contributed by atoms with Crippen LogP contribution in [0.4, 0.5) is 0 Å². The molecule has 1 amide bonds. The zero-order valence-electron chi connectivity index (χ0n) is 21.3. The van der Waals surface area contributed by atoms with Crippen molar-refractivity contribution in [2.45, 2.75) is 6.92 Å². The van der Waals surface area contributed by atoms with Gasteiger partial charge in [-0.1, -0.05) is 76.1 Å². The predicted octanol–water partition coefficient (Wildman–Crippen LogP) is 7.63. The van der Waals surface area contributed by atoms with Crippen molar-refractivity contribution < 1.29 is 19.1 Å². The molecule has 5 aromatic rings. The molecule has 0 aliphatic heterocycles. The van der Waals surface area contributed by atoms with Gasteiger partial charge < -0.3 is 14.5 Å². The molecule has 0 aliphatic carbocycles. The Morgan fingerprint density at radius 1 is 0.975 bits per heavy atom. The van der Waals surface area contributed by atoms with Gasteiger partial charge >= 0.3 is 5.97 Å². The molecule has 0 saturated heterocycles. The van der Waals surface area contributed by atoms with Crippen LogP contribution in [0.5, 0.6) is 11.5 Å². The van der Waals surface area contributed by atoms with Gasteiger partial charge in [0, 0.05) is 15.4 Å². The lowest BCUT2D eigenvalue weighted by atomic mass is 10.0. The number of nitrogens with one attached hydrogen (secondary N) is 2. The van der Waals surface area contributed by atoms with E-state index in [-0.39, 0.29) is 5.75 Å². The van der Waals surface area contributed by atoms with E-state index in [2.05, 4.69) is 31.4 Å². The van der Waals surface area contributed by atoms with E-state index in [1.54, 1.807) is 48.5 Å². The molecular formula is C31H23BrClN3O4. The molecule has 0 unspecified atom stereocenters. The number of ether oxygens (including phenoxy) is 2. The van der Waals surface area contributed by atoms with Crippen LogP contribution in [0.25, 0.3) is 22.0 Å². The predicted molar refractivity (Wildman–Crippen MR) is 161 cm³/mol. The number of aromatic amines is 1. The van der Waals surface area contributed by atoms with E-state index in [4.69, 9.17) is 21.1 Å². The van der Waals surface area contributed by atoms with Crippen LogP contribution in [0, 0.1) is 0 Å². The van der Waals surface area contributed by atoms with Gasteiger partial charge in [-0.25, -0.2) is 10.2 Å². The molecule has 7 nitrogen and oxygen atoms in total. The van der Waals surface area contributed by atoms with Crippen LogP contribution in [0.3, 0.4) is 0 Å². The molecule has 200 valence electrons. The first kappa shape index (κ1) is 27.2. The van der Waals surface area contributed by atoms with Crippen LogP contribution >= 0.6 is 27.5 Å². The monoisotopic (exact) mass is 615 g/mol. The van der Waals surface area contributed by atoms with Crippen LogP contribution in [0.1, 0.15) is 33.3 Å². The number of carbonyl (C=O) groups excluding carboxylic acids is 2. The SMILES string of the molecule is CCOc1cc(C=NNC(=O)c2[nH]c3c(Cl)cc(Br)cc3c2-c2ccccc2)ccc1OC(=O)c1ccccc1. The molecule has 0 aliphatic rings. The quantitative estimate of drug-likeness (QED) is 0.0811. The largest absolute Gasteiger partial charge is 0.490 e. The third-order valence-corrected chi connectivity index (χ3v) is 6.73. The summed E-state index contributed by atoms with van der Waals surface area (Å²) in [6.45, 7) is 2.20. The Bertz CT molecular complexity index is 1720. The van der Waals surface area contributed by atoms with Gasteiger partial charge in [0.2, 0.25) is 0 Å². The molecule has 0 spiro atoms. The lowest BCUT2D eigenvalue weighted by Gasteiger charge is -2.11. The minimum Gasteiger partial charge on any atom is -0.490 e. The third-order valence-electron chi connectivity index (χ3n) is 5.97. The van der Waals surface area contributed by atoms with Crippen molar-refractivity contribution in [1.29, 1.82) is 0 Å². The number of aromatic nitrogens is 1. The number of benzene rings is 4. The number of nitrogens with zero attached hydrogens (tertiary/aromatic N) is 1. The molecule has 0 saturated carbocycles. The maximum atomic E-state index is 13.3. The second kappa shape index (κ2) is 12.2. The summed E-state index contributed by atoms with van der Waals surface area (Å²) in [6, 6.07) is 27.0. The minimum atomic E-state index is -0.491. The number of esters is 1. The molecule has 40 heavy (non-hydrogen) atoms. The van der Waals surface area contributed by atoms with Gasteiger partial charge in [0.05, 0.1) is 28.9 Å². The average molecular weight is 617 g/mol. The van der Waals surface area contributed by atoms with Crippen molar-refractivity contribution in [2.75, 3.05) is 6.61 Å². The zero-order valence-corrected chi connectivity index (χ0v) is 23.6. The van der Waals surface area contributed by atoms with Crippen molar-refractivity contribution in [3.05, 3.63) is 117 Å². The van der Waals surface area contributed by atoms with E-state index in [9.17, 15) is 9.59 Å². The molecule has 0 fully saturated rings. The molecule has 0 radical (unpaired) electrons. The first-order valence-corrected chi connectivity index (χ1v) is 13.5. The van der Waals surface area contributed by atoms with Crippen LogP contribution in [0.15, 0.2) is 101 Å². The van der Waals surface area contributed by atoms with Crippen molar-refractivity contribution >= 4 is 56.5 Å².